The Labute approximate surface area is 537 Å². The molecular weight excluding hydrogens is 1250 g/mol. The van der Waals surface area contributed by atoms with Gasteiger partial charge in [-0.2, -0.15) is 5.11 Å². The van der Waals surface area contributed by atoms with Crippen molar-refractivity contribution in [3.05, 3.63) is 47.5 Å². The van der Waals surface area contributed by atoms with E-state index in [1.807, 2.05) is 0 Å². The van der Waals surface area contributed by atoms with Crippen LogP contribution in [0.4, 0.5) is 9.59 Å². The molecule has 518 valence electrons. The maximum Gasteiger partial charge on any atom is 0.508 e. The van der Waals surface area contributed by atoms with Gasteiger partial charge in [0.15, 0.2) is 36.3 Å². The van der Waals surface area contributed by atoms with Gasteiger partial charge in [-0.05, 0) is 12.2 Å². The fraction of sp³-hybridized carbons (Fsp3) is 0.611. The number of cyclic esters (lactones) is 4. The summed E-state index contributed by atoms with van der Waals surface area (Å²) in [6.07, 6.45) is 0.291. The number of nitrogens with zero attached hydrogens (tertiary/aromatic N) is 5. The van der Waals surface area contributed by atoms with Crippen LogP contribution in [0.15, 0.2) is 46.9 Å². The molecule has 1 aromatic heterocycles. The molecule has 0 aromatic carbocycles. The van der Waals surface area contributed by atoms with Gasteiger partial charge >= 0.3 is 24.2 Å². The number of guanidine groups is 2. The SMILES string of the molecule is C#CCOCCOCCOCCOCCC(=O)N(C/C(=C/NCCNC(=O)CO[C@@H]([C@@H]1OC(C(=O)OC)=C[C@H](NC(=N)N)[C@H]1NC(C)=O)[C@H]1COC(=O)O1)N=N)Cc1cn(CCNC(=O)CO[C@@H]([C@@H]2OC(C(=O)OC)=C[C@H](NC(=N)N)[C@H]2NC(C)=O)[C@H]2COC(=O)O2)nn1. The molecule has 0 saturated carbocycles. The van der Waals surface area contributed by atoms with Gasteiger partial charge in [-0.1, -0.05) is 11.1 Å². The van der Waals surface area contributed by atoms with Crippen LogP contribution in [-0.2, 0) is 113 Å². The summed E-state index contributed by atoms with van der Waals surface area (Å²) in [6.45, 7) is 1.73. The van der Waals surface area contributed by atoms with Crippen LogP contribution in [-0.4, -0.2) is 266 Å². The van der Waals surface area contributed by atoms with E-state index in [-0.39, 0.29) is 115 Å². The highest BCUT2D eigenvalue weighted by Crippen LogP contribution is 2.30. The van der Waals surface area contributed by atoms with Crippen molar-refractivity contribution >= 4 is 65.7 Å². The van der Waals surface area contributed by atoms with Crippen LogP contribution >= 0.6 is 0 Å². The monoisotopic (exact) mass is 1330 g/mol. The van der Waals surface area contributed by atoms with E-state index >= 15 is 0 Å². The summed E-state index contributed by atoms with van der Waals surface area (Å²) < 4.78 is 77.2. The van der Waals surface area contributed by atoms with Crippen LogP contribution < -0.4 is 48.7 Å². The van der Waals surface area contributed by atoms with Gasteiger partial charge in [0.05, 0.1) is 123 Å². The summed E-state index contributed by atoms with van der Waals surface area (Å²) in [7, 11) is 2.18. The molecule has 5 rings (SSSR count). The standard InChI is InChI=1S/C54H79N17O23/c1-6-12-83-14-16-85-18-19-86-17-15-84-13-7-42(76)70(23-32(67-59)22-60-8-9-61-40(74)28-87-45(38-26-89-53(79)93-38)47-43(63-30(2)72)34(65-51(55)56)20-36(91-47)49(77)81-4)24-33-25-71(69-68-33)11-10-62-41(75)29-88-46(39-27-90-54(80)94-39)48-44(64-31(3)73)35(66-52(57)58)21-37(92-48)50(78)82-5/h1,20-22,25,34-35,38-39,43-48,59-60H,7-19,23-24,26-29H2,2-5H3,(H,61,74)(H,62,75)(H,63,72)(H,64,73)(H4,55,56,65)(H4,57,58,66)/b32-22-,67-59?/t34-,35-,38+,39+,43+,44+,45+,46+,47+,48+/m0/s1. The van der Waals surface area contributed by atoms with E-state index in [2.05, 4.69) is 58.6 Å². The zero-order valence-electron chi connectivity index (χ0n) is 51.9. The van der Waals surface area contributed by atoms with E-state index in [4.69, 9.17) is 101 Å². The Morgan fingerprint density at radius 3 is 1.67 bits per heavy atom. The van der Waals surface area contributed by atoms with Crippen LogP contribution in [0.25, 0.3) is 0 Å². The number of hydrogen-bond acceptors (Lipinski definition) is 30. The van der Waals surface area contributed by atoms with Gasteiger partial charge in [0.2, 0.25) is 41.1 Å². The predicted octanol–water partition coefficient (Wildman–Crippen LogP) is -5.14. The molecule has 0 radical (unpaired) electrons. The van der Waals surface area contributed by atoms with E-state index in [0.717, 1.165) is 14.2 Å². The van der Waals surface area contributed by atoms with Crippen LogP contribution in [0.1, 0.15) is 26.0 Å². The summed E-state index contributed by atoms with van der Waals surface area (Å²) in [5.41, 5.74) is 19.5. The number of methoxy groups -OCH3 is 2. The minimum absolute atomic E-state index is 0.0172. The Morgan fingerprint density at radius 2 is 1.22 bits per heavy atom. The Morgan fingerprint density at radius 1 is 0.734 bits per heavy atom. The largest absolute Gasteiger partial charge is 0.508 e. The van der Waals surface area contributed by atoms with E-state index in [1.165, 1.54) is 48.0 Å². The van der Waals surface area contributed by atoms with Crippen molar-refractivity contribution in [2.45, 2.75) is 94.1 Å². The molecule has 10 atom stereocenters. The molecule has 2 saturated heterocycles. The Kier molecular flexibility index (Phi) is 31.4. The van der Waals surface area contributed by atoms with Crippen molar-refractivity contribution in [2.75, 3.05) is 120 Å². The predicted molar refractivity (Wildman–Crippen MR) is 314 cm³/mol. The second-order valence-electron chi connectivity index (χ2n) is 20.3. The van der Waals surface area contributed by atoms with Crippen molar-refractivity contribution in [1.82, 2.24) is 57.1 Å². The summed E-state index contributed by atoms with van der Waals surface area (Å²) in [5, 5.41) is 46.4. The molecule has 0 bridgehead atoms. The first kappa shape index (κ1) is 74.8. The van der Waals surface area contributed by atoms with E-state index in [1.54, 1.807) is 0 Å². The van der Waals surface area contributed by atoms with Gasteiger partial charge in [0.1, 0.15) is 50.9 Å². The van der Waals surface area contributed by atoms with Gasteiger partial charge in [-0.15, -0.1) is 11.5 Å². The molecule has 0 spiro atoms. The smallest absolute Gasteiger partial charge is 0.478 e. The first-order chi connectivity index (χ1) is 45.1. The molecule has 1 aromatic rings. The fourth-order valence-corrected chi connectivity index (χ4v) is 9.29. The van der Waals surface area contributed by atoms with Gasteiger partial charge < -0.3 is 120 Å². The number of terminal acetylenes is 1. The molecule has 5 heterocycles. The third-order valence-corrected chi connectivity index (χ3v) is 13.3. The molecule has 0 unspecified atom stereocenters. The number of ether oxygens (including phenoxy) is 14. The number of hydrogen-bond donors (Lipinski definition) is 12. The van der Waals surface area contributed by atoms with Crippen molar-refractivity contribution in [3.63, 3.8) is 0 Å². The normalized spacial score (nSPS) is 21.1. The highest BCUT2D eigenvalue weighted by Gasteiger charge is 2.51. The third kappa shape index (κ3) is 25.3. The maximum absolute atomic E-state index is 13.9. The minimum atomic E-state index is -1.39. The molecule has 0 aliphatic carbocycles. The number of esters is 2. The molecule has 4 aliphatic heterocycles. The van der Waals surface area contributed by atoms with Crippen molar-refractivity contribution < 1.29 is 109 Å². The lowest BCUT2D eigenvalue weighted by atomic mass is 9.91. The first-order valence-corrected chi connectivity index (χ1v) is 29.0. The van der Waals surface area contributed by atoms with Crippen molar-refractivity contribution in [2.24, 2.45) is 16.6 Å². The summed E-state index contributed by atoms with van der Waals surface area (Å²) in [6, 6.07) is -4.39. The van der Waals surface area contributed by atoms with E-state index in [0.29, 0.717) is 19.8 Å². The number of amides is 5. The average Bonchev–Trinajstić information content (AvgIpc) is 1.09. The van der Waals surface area contributed by atoms with Crippen LogP contribution in [0.2, 0.25) is 0 Å². The summed E-state index contributed by atoms with van der Waals surface area (Å²) in [5.74, 6) is -4.25. The Bertz CT molecular complexity index is 2940. The lowest BCUT2D eigenvalue weighted by molar-refractivity contribution is -0.155. The molecule has 40 nitrogen and oxygen atoms in total. The van der Waals surface area contributed by atoms with Gasteiger partial charge in [-0.3, -0.25) is 39.5 Å². The van der Waals surface area contributed by atoms with Crippen LogP contribution in [0.3, 0.4) is 0 Å². The van der Waals surface area contributed by atoms with Crippen molar-refractivity contribution in [1.29, 1.82) is 16.3 Å². The quantitative estimate of drug-likeness (QED) is 0.00555. The number of nitrogens with one attached hydrogen (secondary N) is 10. The van der Waals surface area contributed by atoms with Gasteiger partial charge in [-0.25, -0.2) is 24.7 Å². The highest BCUT2D eigenvalue weighted by atomic mass is 16.8. The minimum Gasteiger partial charge on any atom is -0.478 e. The number of rotatable bonds is 41. The summed E-state index contributed by atoms with van der Waals surface area (Å²) in [4.78, 5) is 116. The zero-order chi connectivity index (χ0) is 68.5. The molecule has 40 heteroatoms. The third-order valence-electron chi connectivity index (χ3n) is 13.3. The Balaban J connectivity index is 1.19. The lowest BCUT2D eigenvalue weighted by Crippen LogP contribution is -2.64. The molecule has 4 aliphatic rings. The van der Waals surface area contributed by atoms with E-state index < -0.39 is 140 Å². The molecule has 5 amide bonds. The first-order valence-electron chi connectivity index (χ1n) is 29.0. The van der Waals surface area contributed by atoms with E-state index in [9.17, 15) is 43.2 Å². The average molecular weight is 1330 g/mol. The van der Waals surface area contributed by atoms with Crippen LogP contribution in [0.5, 0.6) is 0 Å². The van der Waals surface area contributed by atoms with Gasteiger partial charge in [0.25, 0.3) is 0 Å². The fourth-order valence-electron chi connectivity index (χ4n) is 9.29. The number of aromatic nitrogens is 3. The summed E-state index contributed by atoms with van der Waals surface area (Å²) >= 11 is 0. The molecular formula is C54H79N17O23. The van der Waals surface area contributed by atoms with Gasteiger partial charge in [0, 0.05) is 39.7 Å². The van der Waals surface area contributed by atoms with Crippen molar-refractivity contribution in [3.8, 4) is 12.3 Å². The number of carbonyl (C=O) groups excluding carboxylic acids is 9. The number of carbonyl (C=O) groups is 9. The topological polar surface area (TPSA) is 537 Å². The molecule has 14 N–H and O–H groups in total. The van der Waals surface area contributed by atoms with Crippen LogP contribution in [0, 0.1) is 28.7 Å². The second-order valence-corrected chi connectivity index (χ2v) is 20.3. The Hall–Kier alpha value is -9.95. The zero-order valence-corrected chi connectivity index (χ0v) is 51.9. The molecule has 2 fully saturated rings. The maximum atomic E-state index is 13.9. The number of nitrogens with two attached hydrogens (primary N) is 2. The highest BCUT2D eigenvalue weighted by molar-refractivity contribution is 5.88. The molecule has 94 heavy (non-hydrogen) atoms. The second kappa shape index (κ2) is 39.4. The lowest BCUT2D eigenvalue weighted by Gasteiger charge is -2.41.